The van der Waals surface area contributed by atoms with E-state index < -0.39 is 47.3 Å². The van der Waals surface area contributed by atoms with E-state index in [2.05, 4.69) is 10.3 Å². The predicted molar refractivity (Wildman–Crippen MR) is 91.3 cm³/mol. The Bertz CT molecular complexity index is 901. The highest BCUT2D eigenvalue weighted by Crippen LogP contribution is 2.22. The van der Waals surface area contributed by atoms with Gasteiger partial charge in [-0.15, -0.1) is 5.10 Å². The van der Waals surface area contributed by atoms with Crippen molar-refractivity contribution in [1.29, 1.82) is 0 Å². The van der Waals surface area contributed by atoms with Crippen LogP contribution in [0.15, 0.2) is 35.4 Å². The van der Waals surface area contributed by atoms with Gasteiger partial charge in [0.15, 0.2) is 6.29 Å². The molecule has 1 aromatic heterocycles. The van der Waals surface area contributed by atoms with Crippen LogP contribution in [0.25, 0.3) is 5.69 Å². The zero-order valence-electron chi connectivity index (χ0n) is 14.4. The Balaban J connectivity index is 1.65. The molecule has 0 amide bonds. The summed E-state index contributed by atoms with van der Waals surface area (Å²) in [5.74, 6) is 0. The molecule has 1 aromatic carbocycles. The zero-order valence-corrected chi connectivity index (χ0v) is 15.3. The van der Waals surface area contributed by atoms with E-state index >= 15 is 0 Å². The van der Waals surface area contributed by atoms with Gasteiger partial charge >= 0.3 is 0 Å². The van der Waals surface area contributed by atoms with Gasteiger partial charge in [-0.2, -0.15) is 0 Å². The molecule has 0 unspecified atom stereocenters. The van der Waals surface area contributed by atoms with Gasteiger partial charge in [0.1, 0.15) is 30.1 Å². The van der Waals surface area contributed by atoms with Gasteiger partial charge in [0.05, 0.1) is 30.0 Å². The molecule has 0 saturated carbocycles. The molecular weight excluding hydrogens is 396 g/mol. The van der Waals surface area contributed by atoms with Crippen molar-refractivity contribution < 1.29 is 38.3 Å². The molecule has 1 aliphatic heterocycles. The summed E-state index contributed by atoms with van der Waals surface area (Å²) in [5, 5.41) is 51.4. The second-order valence-electron chi connectivity index (χ2n) is 6.20. The third kappa shape index (κ3) is 4.37. The summed E-state index contributed by atoms with van der Waals surface area (Å²) in [4.78, 5) is -0.0393. The molecule has 0 spiro atoms. The van der Waals surface area contributed by atoms with Crippen molar-refractivity contribution in [1.82, 2.24) is 15.0 Å². The largest absolute Gasteiger partial charge is 0.394 e. The number of hydrogen-bond donors (Lipinski definition) is 5. The van der Waals surface area contributed by atoms with Crippen LogP contribution in [0.2, 0.25) is 0 Å². The maximum atomic E-state index is 11.3. The van der Waals surface area contributed by atoms with Crippen LogP contribution in [0.3, 0.4) is 0 Å². The van der Waals surface area contributed by atoms with Gasteiger partial charge in [-0.05, 0) is 24.3 Å². The van der Waals surface area contributed by atoms with Gasteiger partial charge in [0, 0.05) is 0 Å². The third-order valence-corrected chi connectivity index (χ3v) is 5.14. The van der Waals surface area contributed by atoms with E-state index in [1.165, 1.54) is 35.1 Å². The lowest BCUT2D eigenvalue weighted by Gasteiger charge is -2.39. The molecule has 0 aliphatic carbocycles. The predicted octanol–water partition coefficient (Wildman–Crippen LogP) is -2.77. The average Bonchev–Trinajstić information content (AvgIpc) is 3.14. The third-order valence-electron chi connectivity index (χ3n) is 4.21. The number of ether oxygens (including phenoxy) is 2. The highest BCUT2D eigenvalue weighted by atomic mass is 32.2. The Morgan fingerprint density at radius 1 is 1.14 bits per heavy atom. The Labute approximate surface area is 159 Å². The van der Waals surface area contributed by atoms with Crippen LogP contribution >= 0.6 is 0 Å². The van der Waals surface area contributed by atoms with Gasteiger partial charge in [-0.3, -0.25) is 0 Å². The van der Waals surface area contributed by atoms with Gasteiger partial charge < -0.3 is 29.9 Å². The fourth-order valence-corrected chi connectivity index (χ4v) is 3.17. The first kappa shape index (κ1) is 20.8. The fourth-order valence-electron chi connectivity index (χ4n) is 2.65. The Morgan fingerprint density at radius 2 is 1.82 bits per heavy atom. The smallest absolute Gasteiger partial charge is 0.238 e. The lowest BCUT2D eigenvalue weighted by atomic mass is 9.99. The van der Waals surface area contributed by atoms with E-state index in [9.17, 15) is 23.7 Å². The van der Waals surface area contributed by atoms with Crippen molar-refractivity contribution >= 4 is 10.0 Å². The van der Waals surface area contributed by atoms with Crippen LogP contribution in [-0.2, 0) is 26.1 Å². The van der Waals surface area contributed by atoms with Crippen LogP contribution < -0.4 is 5.14 Å². The number of primary sulfonamides is 1. The summed E-state index contributed by atoms with van der Waals surface area (Å²) in [7, 11) is -3.80. The van der Waals surface area contributed by atoms with Crippen molar-refractivity contribution in [2.45, 2.75) is 42.2 Å². The topological polar surface area (TPSA) is 190 Å². The highest BCUT2D eigenvalue weighted by Gasteiger charge is 2.44. The molecule has 12 nitrogen and oxygen atoms in total. The Kier molecular flexibility index (Phi) is 6.07. The lowest BCUT2D eigenvalue weighted by Crippen LogP contribution is -2.59. The van der Waals surface area contributed by atoms with Crippen LogP contribution in [-0.4, -0.2) is 81.2 Å². The van der Waals surface area contributed by atoms with Crippen LogP contribution in [0.5, 0.6) is 0 Å². The summed E-state index contributed by atoms with van der Waals surface area (Å²) in [6, 6.07) is 5.65. The maximum absolute atomic E-state index is 11.3. The number of nitrogens with zero attached hydrogens (tertiary/aromatic N) is 3. The summed E-state index contributed by atoms with van der Waals surface area (Å²) in [6.45, 7) is -0.701. The summed E-state index contributed by atoms with van der Waals surface area (Å²) in [6.07, 6.45) is -5.37. The van der Waals surface area contributed by atoms with E-state index in [1.54, 1.807) is 0 Å². The summed E-state index contributed by atoms with van der Waals surface area (Å²) in [5.41, 5.74) is 0.881. The number of aliphatic hydroxyl groups excluding tert-OH is 4. The van der Waals surface area contributed by atoms with Gasteiger partial charge in [0.25, 0.3) is 0 Å². The molecule has 1 saturated heterocycles. The van der Waals surface area contributed by atoms with E-state index in [0.29, 0.717) is 11.4 Å². The van der Waals surface area contributed by atoms with Gasteiger partial charge in [-0.1, -0.05) is 5.21 Å². The minimum atomic E-state index is -3.80. The van der Waals surface area contributed by atoms with E-state index in [4.69, 9.17) is 19.7 Å². The maximum Gasteiger partial charge on any atom is 0.238 e. The normalized spacial score (nSPS) is 28.4. The van der Waals surface area contributed by atoms with E-state index in [0.717, 1.165) is 0 Å². The van der Waals surface area contributed by atoms with E-state index in [1.807, 2.05) is 0 Å². The van der Waals surface area contributed by atoms with Gasteiger partial charge in [-0.25, -0.2) is 18.2 Å². The molecule has 0 bridgehead atoms. The molecule has 0 radical (unpaired) electrons. The zero-order chi connectivity index (χ0) is 20.5. The minimum Gasteiger partial charge on any atom is -0.394 e. The van der Waals surface area contributed by atoms with Gasteiger partial charge in [0.2, 0.25) is 10.0 Å². The molecule has 28 heavy (non-hydrogen) atoms. The van der Waals surface area contributed by atoms with Crippen molar-refractivity contribution in [3.05, 3.63) is 36.2 Å². The Hall–Kier alpha value is -1.97. The molecule has 1 fully saturated rings. The number of benzene rings is 1. The molecule has 154 valence electrons. The number of rotatable bonds is 6. The molecule has 3 rings (SSSR count). The quantitative estimate of drug-likeness (QED) is 0.329. The standard InChI is InChI=1S/C15H20N4O8S/c16-28(24,25)10-3-1-9(2-4-10)19-5-8(17-18-19)7-26-15-14(23)13(22)12(21)11(6-20)27-15/h1-5,11-15,20-23H,6-7H2,(H2,16,24,25)/t11-,12-,13+,14-,15-/m1/s1. The number of nitrogens with two attached hydrogens (primary N) is 1. The first-order chi connectivity index (χ1) is 13.2. The number of sulfonamides is 1. The molecule has 2 heterocycles. The average molecular weight is 416 g/mol. The molecule has 1 aliphatic rings. The van der Waals surface area contributed by atoms with E-state index in [-0.39, 0.29) is 11.5 Å². The first-order valence-electron chi connectivity index (χ1n) is 8.17. The van der Waals surface area contributed by atoms with Crippen LogP contribution in [0.1, 0.15) is 5.69 Å². The van der Waals surface area contributed by atoms with Crippen molar-refractivity contribution in [3.8, 4) is 5.69 Å². The number of hydrogen-bond acceptors (Lipinski definition) is 10. The Morgan fingerprint density at radius 3 is 2.43 bits per heavy atom. The monoisotopic (exact) mass is 416 g/mol. The summed E-state index contributed by atoms with van der Waals surface area (Å²) < 4.78 is 34.5. The lowest BCUT2D eigenvalue weighted by molar-refractivity contribution is -0.304. The second kappa shape index (κ2) is 8.18. The SMILES string of the molecule is NS(=O)(=O)c1ccc(-n2cc(CO[C@@H]3O[C@H](CO)[C@@H](O)[C@H](O)[C@H]3O)nn2)cc1. The van der Waals surface area contributed by atoms with Crippen LogP contribution in [0.4, 0.5) is 0 Å². The molecule has 13 heteroatoms. The molecular formula is C15H20N4O8S. The highest BCUT2D eigenvalue weighted by molar-refractivity contribution is 7.89. The number of aromatic nitrogens is 3. The number of aliphatic hydroxyl groups is 4. The van der Waals surface area contributed by atoms with Crippen molar-refractivity contribution in [2.24, 2.45) is 5.14 Å². The van der Waals surface area contributed by atoms with Crippen LogP contribution in [0, 0.1) is 0 Å². The summed E-state index contributed by atoms with van der Waals surface area (Å²) >= 11 is 0. The fraction of sp³-hybridized carbons (Fsp3) is 0.467. The molecule has 5 atom stereocenters. The van der Waals surface area contributed by atoms with Crippen molar-refractivity contribution in [2.75, 3.05) is 6.61 Å². The molecule has 6 N–H and O–H groups in total. The first-order valence-corrected chi connectivity index (χ1v) is 9.72. The van der Waals surface area contributed by atoms with Crippen molar-refractivity contribution in [3.63, 3.8) is 0 Å². The molecule has 2 aromatic rings. The minimum absolute atomic E-state index is 0.0393. The second-order valence-corrected chi connectivity index (χ2v) is 7.76.